The molecule has 0 amide bonds. The lowest BCUT2D eigenvalue weighted by Gasteiger charge is -2.07. The lowest BCUT2D eigenvalue weighted by atomic mass is 9.99. The van der Waals surface area contributed by atoms with E-state index in [4.69, 9.17) is 0 Å². The Morgan fingerprint density at radius 1 is 1.06 bits per heavy atom. The number of pyridine rings is 1. The topological polar surface area (TPSA) is 32.9 Å². The molecule has 2 heteroatoms. The molecule has 0 bridgehead atoms. The van der Waals surface area contributed by atoms with Crippen LogP contribution < -0.4 is 5.43 Å². The van der Waals surface area contributed by atoms with Crippen LogP contribution in [0.4, 0.5) is 0 Å². The van der Waals surface area contributed by atoms with E-state index in [9.17, 15) is 4.79 Å². The van der Waals surface area contributed by atoms with E-state index in [2.05, 4.69) is 11.1 Å². The molecule has 3 aromatic rings. The first-order valence-electron chi connectivity index (χ1n) is 5.69. The lowest BCUT2D eigenvalue weighted by molar-refractivity contribution is 1.37. The minimum atomic E-state index is 0.124. The molecule has 0 aliphatic carbocycles. The molecule has 0 atom stereocenters. The lowest BCUT2D eigenvalue weighted by Crippen LogP contribution is -2.07. The Hall–Kier alpha value is -2.09. The van der Waals surface area contributed by atoms with Crippen LogP contribution in [-0.2, 0) is 0 Å². The van der Waals surface area contributed by atoms with E-state index in [1.807, 2.05) is 44.3 Å². The van der Waals surface area contributed by atoms with E-state index in [0.29, 0.717) is 0 Å². The second kappa shape index (κ2) is 3.45. The highest BCUT2D eigenvalue weighted by atomic mass is 16.1. The smallest absolute Gasteiger partial charge is 0.191 e. The Bertz CT molecular complexity index is 784. The van der Waals surface area contributed by atoms with Crippen LogP contribution >= 0.6 is 0 Å². The zero-order valence-electron chi connectivity index (χ0n) is 9.87. The minimum absolute atomic E-state index is 0.124. The van der Waals surface area contributed by atoms with Crippen LogP contribution in [0.3, 0.4) is 0 Å². The highest BCUT2D eigenvalue weighted by Crippen LogP contribution is 2.23. The Balaban J connectivity index is 2.71. The molecule has 1 heterocycles. The SMILES string of the molecule is Cc1cc(C)c2ccc3ccc[nH]c3c2c1=O. The summed E-state index contributed by atoms with van der Waals surface area (Å²) in [5.41, 5.74) is 3.01. The molecule has 0 saturated heterocycles. The number of hydrogen-bond donors (Lipinski definition) is 1. The molecule has 0 spiro atoms. The van der Waals surface area contributed by atoms with Gasteiger partial charge >= 0.3 is 0 Å². The summed E-state index contributed by atoms with van der Waals surface area (Å²) in [5.74, 6) is 0. The predicted octanol–water partition coefficient (Wildman–Crippen LogP) is 3.30. The van der Waals surface area contributed by atoms with Gasteiger partial charge in [-0.3, -0.25) is 4.79 Å². The molecule has 0 saturated carbocycles. The molecule has 1 aromatic heterocycles. The maximum atomic E-state index is 12.3. The summed E-state index contributed by atoms with van der Waals surface area (Å²) in [6, 6.07) is 10.0. The number of nitrogens with one attached hydrogen (secondary N) is 1. The number of aromatic nitrogens is 1. The molecule has 0 aliphatic heterocycles. The van der Waals surface area contributed by atoms with Gasteiger partial charge in [-0.25, -0.2) is 0 Å². The molecule has 0 fully saturated rings. The van der Waals surface area contributed by atoms with Crippen molar-refractivity contribution in [2.24, 2.45) is 0 Å². The van der Waals surface area contributed by atoms with E-state index >= 15 is 0 Å². The molecular formula is C15H13NO. The predicted molar refractivity (Wildman–Crippen MR) is 71.5 cm³/mol. The van der Waals surface area contributed by atoms with E-state index in [0.717, 1.165) is 32.8 Å². The second-order valence-electron chi connectivity index (χ2n) is 4.46. The number of fused-ring (bicyclic) bond motifs is 3. The summed E-state index contributed by atoms with van der Waals surface area (Å²) in [6.45, 7) is 3.92. The van der Waals surface area contributed by atoms with E-state index in [-0.39, 0.29) is 5.43 Å². The van der Waals surface area contributed by atoms with Gasteiger partial charge in [0.15, 0.2) is 5.43 Å². The van der Waals surface area contributed by atoms with Crippen molar-refractivity contribution in [2.45, 2.75) is 13.8 Å². The molecule has 2 nitrogen and oxygen atoms in total. The van der Waals surface area contributed by atoms with Gasteiger partial charge in [0.1, 0.15) is 0 Å². The molecular weight excluding hydrogens is 210 g/mol. The van der Waals surface area contributed by atoms with Crippen LogP contribution in [-0.4, -0.2) is 4.98 Å². The van der Waals surface area contributed by atoms with Gasteiger partial charge in [-0.05, 0) is 41.8 Å². The minimum Gasteiger partial charge on any atom is -0.361 e. The Morgan fingerprint density at radius 2 is 1.88 bits per heavy atom. The highest BCUT2D eigenvalue weighted by Gasteiger charge is 2.08. The molecule has 0 unspecified atom stereocenters. The third-order valence-electron chi connectivity index (χ3n) is 3.28. The average molecular weight is 223 g/mol. The summed E-state index contributed by atoms with van der Waals surface area (Å²) in [7, 11) is 0. The summed E-state index contributed by atoms with van der Waals surface area (Å²) in [5, 5.41) is 2.92. The number of aryl methyl sites for hydroxylation is 2. The van der Waals surface area contributed by atoms with Crippen LogP contribution in [0.2, 0.25) is 0 Å². The summed E-state index contributed by atoms with van der Waals surface area (Å²) >= 11 is 0. The second-order valence-corrected chi connectivity index (χ2v) is 4.46. The normalized spacial score (nSPS) is 11.2. The van der Waals surface area contributed by atoms with Crippen molar-refractivity contribution in [2.75, 3.05) is 0 Å². The van der Waals surface area contributed by atoms with E-state index in [1.165, 1.54) is 0 Å². The summed E-state index contributed by atoms with van der Waals surface area (Å²) in [4.78, 5) is 15.5. The van der Waals surface area contributed by atoms with Crippen molar-refractivity contribution < 1.29 is 0 Å². The molecule has 2 aromatic carbocycles. The first kappa shape index (κ1) is 10.1. The number of benzene rings is 2. The summed E-state index contributed by atoms with van der Waals surface area (Å²) in [6.07, 6.45) is 1.86. The number of hydrogen-bond acceptors (Lipinski definition) is 1. The van der Waals surface area contributed by atoms with Gasteiger partial charge in [-0.1, -0.05) is 24.3 Å². The maximum Gasteiger partial charge on any atom is 0.191 e. The Kier molecular flexibility index (Phi) is 2.05. The van der Waals surface area contributed by atoms with Crippen LogP contribution in [0.5, 0.6) is 0 Å². The Labute approximate surface area is 98.9 Å². The quantitative estimate of drug-likeness (QED) is 0.583. The number of rotatable bonds is 0. The Morgan fingerprint density at radius 3 is 2.71 bits per heavy atom. The van der Waals surface area contributed by atoms with Crippen molar-refractivity contribution in [1.29, 1.82) is 0 Å². The van der Waals surface area contributed by atoms with Crippen molar-refractivity contribution in [1.82, 2.24) is 4.98 Å². The third kappa shape index (κ3) is 1.37. The fourth-order valence-electron chi connectivity index (χ4n) is 2.43. The number of aromatic amines is 1. The molecule has 0 aliphatic rings. The zero-order chi connectivity index (χ0) is 12.0. The molecule has 84 valence electrons. The van der Waals surface area contributed by atoms with Crippen LogP contribution in [0.15, 0.2) is 41.3 Å². The average Bonchev–Trinajstić information content (AvgIpc) is 2.35. The largest absolute Gasteiger partial charge is 0.361 e. The van der Waals surface area contributed by atoms with Gasteiger partial charge < -0.3 is 4.98 Å². The standard InChI is InChI=1S/C15H13NO/c1-9-8-10(2)15(17)13-12(9)6-5-11-4-3-7-16-14(11)13/h3-8,16H,1-2H3. The maximum absolute atomic E-state index is 12.3. The van der Waals surface area contributed by atoms with E-state index < -0.39 is 0 Å². The van der Waals surface area contributed by atoms with Gasteiger partial charge in [0.25, 0.3) is 0 Å². The monoisotopic (exact) mass is 223 g/mol. The van der Waals surface area contributed by atoms with Crippen LogP contribution in [0, 0.1) is 13.8 Å². The fraction of sp³-hybridized carbons (Fsp3) is 0.133. The molecule has 17 heavy (non-hydrogen) atoms. The van der Waals surface area contributed by atoms with Crippen molar-refractivity contribution in [3.05, 3.63) is 57.9 Å². The fourth-order valence-corrected chi connectivity index (χ4v) is 2.43. The first-order valence-corrected chi connectivity index (χ1v) is 5.69. The van der Waals surface area contributed by atoms with Crippen molar-refractivity contribution >= 4 is 21.7 Å². The first-order chi connectivity index (χ1) is 8.18. The van der Waals surface area contributed by atoms with Gasteiger partial charge in [0.05, 0.1) is 10.9 Å². The zero-order valence-corrected chi connectivity index (χ0v) is 9.87. The van der Waals surface area contributed by atoms with E-state index in [1.54, 1.807) is 0 Å². The molecule has 1 N–H and O–H groups in total. The molecule has 0 radical (unpaired) electrons. The van der Waals surface area contributed by atoms with Crippen LogP contribution in [0.1, 0.15) is 11.1 Å². The third-order valence-corrected chi connectivity index (χ3v) is 3.28. The van der Waals surface area contributed by atoms with Gasteiger partial charge in [0.2, 0.25) is 0 Å². The van der Waals surface area contributed by atoms with Crippen molar-refractivity contribution in [3.63, 3.8) is 0 Å². The molecule has 3 rings (SSSR count). The highest BCUT2D eigenvalue weighted by molar-refractivity contribution is 6.06. The van der Waals surface area contributed by atoms with Gasteiger partial charge in [-0.2, -0.15) is 0 Å². The van der Waals surface area contributed by atoms with Gasteiger partial charge in [-0.15, -0.1) is 0 Å². The summed E-state index contributed by atoms with van der Waals surface area (Å²) < 4.78 is 0. The van der Waals surface area contributed by atoms with Gasteiger partial charge in [0, 0.05) is 6.20 Å². The number of H-pyrrole nitrogens is 1. The van der Waals surface area contributed by atoms with Crippen LogP contribution in [0.25, 0.3) is 21.7 Å². The van der Waals surface area contributed by atoms with Crippen molar-refractivity contribution in [3.8, 4) is 0 Å².